The van der Waals surface area contributed by atoms with Crippen molar-refractivity contribution in [2.24, 2.45) is 0 Å². The van der Waals surface area contributed by atoms with E-state index in [0.29, 0.717) is 10.6 Å². The summed E-state index contributed by atoms with van der Waals surface area (Å²) in [6.07, 6.45) is 0. The summed E-state index contributed by atoms with van der Waals surface area (Å²) in [7, 11) is 3.02. The van der Waals surface area contributed by atoms with E-state index < -0.39 is 5.82 Å². The van der Waals surface area contributed by atoms with Gasteiger partial charge < -0.3 is 15.5 Å². The van der Waals surface area contributed by atoms with Crippen molar-refractivity contribution in [3.05, 3.63) is 33.6 Å². The molecule has 0 aromatic heterocycles. The first-order valence-electron chi connectivity index (χ1n) is 6.58. The van der Waals surface area contributed by atoms with Crippen LogP contribution < -0.4 is 10.6 Å². The van der Waals surface area contributed by atoms with Crippen LogP contribution in [0, 0.1) is 5.82 Å². The van der Waals surface area contributed by atoms with Gasteiger partial charge in [0, 0.05) is 25.2 Å². The van der Waals surface area contributed by atoms with Gasteiger partial charge in [-0.25, -0.2) is 4.39 Å². The van der Waals surface area contributed by atoms with Crippen molar-refractivity contribution in [1.29, 1.82) is 0 Å². The van der Waals surface area contributed by atoms with E-state index in [1.54, 1.807) is 6.92 Å². The summed E-state index contributed by atoms with van der Waals surface area (Å²) >= 11 is 11.7. The molecule has 122 valence electrons. The molecule has 0 aliphatic rings. The molecule has 0 bridgehead atoms. The van der Waals surface area contributed by atoms with E-state index in [9.17, 15) is 14.0 Å². The number of amides is 2. The van der Waals surface area contributed by atoms with Crippen LogP contribution in [-0.2, 0) is 9.59 Å². The second-order valence-electron chi connectivity index (χ2n) is 4.81. The third-order valence-corrected chi connectivity index (χ3v) is 3.77. The van der Waals surface area contributed by atoms with Crippen LogP contribution in [0.5, 0.6) is 0 Å². The zero-order valence-electron chi connectivity index (χ0n) is 12.5. The topological polar surface area (TPSA) is 61.4 Å². The van der Waals surface area contributed by atoms with E-state index in [1.807, 2.05) is 0 Å². The minimum absolute atomic E-state index is 0.00473. The highest BCUT2D eigenvalue weighted by Crippen LogP contribution is 2.28. The summed E-state index contributed by atoms with van der Waals surface area (Å²) < 4.78 is 13.5. The molecule has 0 heterocycles. The molecule has 8 heteroatoms. The normalized spacial score (nSPS) is 11.9. The molecule has 22 heavy (non-hydrogen) atoms. The molecule has 1 aromatic carbocycles. The number of halogens is 3. The van der Waals surface area contributed by atoms with Gasteiger partial charge in [-0.2, -0.15) is 0 Å². The Labute approximate surface area is 138 Å². The van der Waals surface area contributed by atoms with E-state index in [4.69, 9.17) is 23.2 Å². The highest BCUT2D eigenvalue weighted by atomic mass is 35.5. The van der Waals surface area contributed by atoms with Crippen LogP contribution in [-0.4, -0.2) is 43.9 Å². The van der Waals surface area contributed by atoms with Gasteiger partial charge in [-0.1, -0.05) is 23.2 Å². The Morgan fingerprint density at radius 1 is 1.32 bits per heavy atom. The fraction of sp³-hybridized carbons (Fsp3) is 0.429. The van der Waals surface area contributed by atoms with Crippen LogP contribution in [0.2, 0.25) is 10.0 Å². The van der Waals surface area contributed by atoms with Crippen LogP contribution in [0.1, 0.15) is 18.5 Å². The lowest BCUT2D eigenvalue weighted by Crippen LogP contribution is -2.41. The minimum atomic E-state index is -0.572. The monoisotopic (exact) mass is 349 g/mol. The third kappa shape index (κ3) is 5.12. The predicted octanol–water partition coefficient (Wildman–Crippen LogP) is 1.99. The minimum Gasteiger partial charge on any atom is -0.358 e. The van der Waals surface area contributed by atoms with Crippen LogP contribution in [0.4, 0.5) is 4.39 Å². The number of nitrogens with one attached hydrogen (secondary N) is 2. The molecule has 0 fully saturated rings. The van der Waals surface area contributed by atoms with Crippen molar-refractivity contribution < 1.29 is 14.0 Å². The van der Waals surface area contributed by atoms with Gasteiger partial charge in [-0.15, -0.1) is 0 Å². The molecule has 0 aliphatic heterocycles. The highest BCUT2D eigenvalue weighted by molar-refractivity contribution is 6.35. The lowest BCUT2D eigenvalue weighted by atomic mass is 10.1. The molecule has 1 rings (SSSR count). The van der Waals surface area contributed by atoms with E-state index in [-0.39, 0.29) is 36.0 Å². The van der Waals surface area contributed by atoms with Crippen molar-refractivity contribution in [3.8, 4) is 0 Å². The lowest BCUT2D eigenvalue weighted by molar-refractivity contribution is -0.133. The number of benzene rings is 1. The first kappa shape index (κ1) is 18.7. The maximum atomic E-state index is 13.5. The van der Waals surface area contributed by atoms with Gasteiger partial charge in [-0.05, 0) is 24.6 Å². The number of likely N-dealkylation sites (N-methyl/N-ethyl adjacent to an activating group) is 2. The number of carbonyl (C=O) groups is 2. The maximum Gasteiger partial charge on any atom is 0.239 e. The van der Waals surface area contributed by atoms with E-state index >= 15 is 0 Å². The van der Waals surface area contributed by atoms with Crippen LogP contribution >= 0.6 is 23.2 Å². The Hall–Kier alpha value is -1.37. The molecule has 1 atom stereocenters. The van der Waals surface area contributed by atoms with Gasteiger partial charge in [0.25, 0.3) is 0 Å². The highest BCUT2D eigenvalue weighted by Gasteiger charge is 2.16. The van der Waals surface area contributed by atoms with Crippen molar-refractivity contribution >= 4 is 35.0 Å². The molecular weight excluding hydrogens is 332 g/mol. The second kappa shape index (κ2) is 8.31. The quantitative estimate of drug-likeness (QED) is 0.772. The molecule has 0 unspecified atom stereocenters. The van der Waals surface area contributed by atoms with E-state index in [0.717, 1.165) is 0 Å². The first-order chi connectivity index (χ1) is 10.3. The number of rotatable bonds is 6. The number of hydrogen-bond acceptors (Lipinski definition) is 3. The first-order valence-corrected chi connectivity index (χ1v) is 7.34. The average molecular weight is 350 g/mol. The molecule has 2 amide bonds. The SMILES string of the molecule is CNC(=O)CN(C)C(=O)CN[C@@H](C)c1cc(F)c(Cl)cc1Cl. The van der Waals surface area contributed by atoms with Crippen molar-refractivity contribution in [1.82, 2.24) is 15.5 Å². The van der Waals surface area contributed by atoms with Crippen LogP contribution in [0.3, 0.4) is 0 Å². The largest absolute Gasteiger partial charge is 0.358 e. The van der Waals surface area contributed by atoms with Gasteiger partial charge in [0.15, 0.2) is 0 Å². The van der Waals surface area contributed by atoms with Crippen LogP contribution in [0.15, 0.2) is 12.1 Å². The molecule has 0 saturated carbocycles. The van der Waals surface area contributed by atoms with Gasteiger partial charge >= 0.3 is 0 Å². The third-order valence-electron chi connectivity index (χ3n) is 3.15. The van der Waals surface area contributed by atoms with Gasteiger partial charge in [0.1, 0.15) is 5.82 Å². The molecule has 5 nitrogen and oxygen atoms in total. The van der Waals surface area contributed by atoms with Crippen molar-refractivity contribution in [2.75, 3.05) is 27.2 Å². The second-order valence-corrected chi connectivity index (χ2v) is 5.63. The summed E-state index contributed by atoms with van der Waals surface area (Å²) in [6, 6.07) is 2.21. The summed E-state index contributed by atoms with van der Waals surface area (Å²) in [6.45, 7) is 1.72. The van der Waals surface area contributed by atoms with E-state index in [1.165, 1.54) is 31.1 Å². The molecule has 0 spiro atoms. The number of carbonyl (C=O) groups excluding carboxylic acids is 2. The molecule has 0 aliphatic carbocycles. The zero-order valence-corrected chi connectivity index (χ0v) is 14.1. The van der Waals surface area contributed by atoms with E-state index in [2.05, 4.69) is 10.6 Å². The summed E-state index contributed by atoms with van der Waals surface area (Å²) in [5, 5.41) is 5.64. The summed E-state index contributed by atoms with van der Waals surface area (Å²) in [4.78, 5) is 24.4. The summed E-state index contributed by atoms with van der Waals surface area (Å²) in [5.74, 6) is -1.09. The van der Waals surface area contributed by atoms with Crippen molar-refractivity contribution in [2.45, 2.75) is 13.0 Å². The van der Waals surface area contributed by atoms with Gasteiger partial charge in [0.2, 0.25) is 11.8 Å². The Bertz CT molecular complexity index is 569. The Morgan fingerprint density at radius 3 is 2.55 bits per heavy atom. The smallest absolute Gasteiger partial charge is 0.239 e. The fourth-order valence-corrected chi connectivity index (χ4v) is 2.28. The molecule has 2 N–H and O–H groups in total. The van der Waals surface area contributed by atoms with Crippen molar-refractivity contribution in [3.63, 3.8) is 0 Å². The fourth-order valence-electron chi connectivity index (χ4n) is 1.74. The molecular formula is C14H18Cl2FN3O2. The maximum absolute atomic E-state index is 13.5. The van der Waals surface area contributed by atoms with Gasteiger partial charge in [0.05, 0.1) is 18.1 Å². The standard InChI is InChI=1S/C14H18Cl2FN3O2/c1-8(9-4-12(17)11(16)5-10(9)15)19-6-14(22)20(3)7-13(21)18-2/h4-5,8,19H,6-7H2,1-3H3,(H,18,21)/t8-/m0/s1. The van der Waals surface area contributed by atoms with Gasteiger partial charge in [-0.3, -0.25) is 9.59 Å². The Kier molecular flexibility index (Phi) is 7.06. The lowest BCUT2D eigenvalue weighted by Gasteiger charge is -2.20. The number of nitrogens with zero attached hydrogens (tertiary/aromatic N) is 1. The Balaban J connectivity index is 2.62. The van der Waals surface area contributed by atoms with Crippen LogP contribution in [0.25, 0.3) is 0 Å². The predicted molar refractivity (Wildman–Crippen MR) is 84.5 cm³/mol. The average Bonchev–Trinajstić information content (AvgIpc) is 2.47. The molecule has 0 saturated heterocycles. The molecule has 1 aromatic rings. The zero-order chi connectivity index (χ0) is 16.9. The summed E-state index contributed by atoms with van der Waals surface area (Å²) in [5.41, 5.74) is 0.505. The Morgan fingerprint density at radius 2 is 1.95 bits per heavy atom. The molecule has 0 radical (unpaired) electrons. The number of hydrogen-bond donors (Lipinski definition) is 2.